The summed E-state index contributed by atoms with van der Waals surface area (Å²) in [6, 6.07) is 7.45. The summed E-state index contributed by atoms with van der Waals surface area (Å²) >= 11 is 6.53. The summed E-state index contributed by atoms with van der Waals surface area (Å²) < 4.78 is 29.5. The zero-order valence-electron chi connectivity index (χ0n) is 19.9. The predicted molar refractivity (Wildman–Crippen MR) is 136 cm³/mol. The normalized spacial score (nSPS) is 18.4. The minimum atomic E-state index is 0.0379. The van der Waals surface area contributed by atoms with Crippen molar-refractivity contribution in [1.29, 1.82) is 0 Å². The molecule has 6 rings (SSSR count). The summed E-state index contributed by atoms with van der Waals surface area (Å²) in [7, 11) is 0. The molecule has 2 aromatic carbocycles. The SMILES string of the molecule is Clc1ccc2c(c1Nc1ncnc3cc(OCC4CCNCC4)cc(OC4CCOCC4)c13)OCO2. The number of nitrogens with zero attached hydrogens (tertiary/aromatic N) is 2. The van der Waals surface area contributed by atoms with Gasteiger partial charge in [0.25, 0.3) is 0 Å². The Bertz CT molecular complexity index is 1230. The largest absolute Gasteiger partial charge is 0.493 e. The average Bonchev–Trinajstić information content (AvgIpc) is 3.39. The van der Waals surface area contributed by atoms with Gasteiger partial charge in [0.2, 0.25) is 6.79 Å². The standard InChI is InChI=1S/C26H29ClN4O5/c27-19-1-2-21-25(35-15-34-21)24(19)31-26-23-20(29-14-30-26)11-18(33-13-16-3-7-28-8-4-16)12-22(23)36-17-5-9-32-10-6-17/h1-2,11-12,14,16-17,28H,3-10,13,15H2,(H,29,30,31). The molecule has 9 nitrogen and oxygen atoms in total. The van der Waals surface area contributed by atoms with E-state index in [9.17, 15) is 0 Å². The van der Waals surface area contributed by atoms with Crippen molar-refractivity contribution in [2.75, 3.05) is 45.0 Å². The Balaban J connectivity index is 1.36. The van der Waals surface area contributed by atoms with Gasteiger partial charge in [-0.05, 0) is 44.0 Å². The molecule has 2 fully saturated rings. The molecule has 0 saturated carbocycles. The highest BCUT2D eigenvalue weighted by atomic mass is 35.5. The Morgan fingerprint density at radius 2 is 1.92 bits per heavy atom. The molecule has 2 saturated heterocycles. The maximum Gasteiger partial charge on any atom is 0.231 e. The number of anilines is 2. The lowest BCUT2D eigenvalue weighted by Crippen LogP contribution is -2.30. The smallest absolute Gasteiger partial charge is 0.231 e. The summed E-state index contributed by atoms with van der Waals surface area (Å²) in [6.07, 6.45) is 5.43. The van der Waals surface area contributed by atoms with Gasteiger partial charge in [-0.25, -0.2) is 9.97 Å². The Hall–Kier alpha value is -3.01. The molecule has 3 aliphatic rings. The van der Waals surface area contributed by atoms with Gasteiger partial charge in [-0.1, -0.05) is 11.6 Å². The van der Waals surface area contributed by atoms with E-state index >= 15 is 0 Å². The molecule has 2 N–H and O–H groups in total. The van der Waals surface area contributed by atoms with Crippen molar-refractivity contribution in [2.24, 2.45) is 5.92 Å². The van der Waals surface area contributed by atoms with Crippen molar-refractivity contribution in [3.63, 3.8) is 0 Å². The third kappa shape index (κ3) is 4.96. The van der Waals surface area contributed by atoms with Crippen LogP contribution >= 0.6 is 11.6 Å². The van der Waals surface area contributed by atoms with Crippen LogP contribution in [0, 0.1) is 5.92 Å². The van der Waals surface area contributed by atoms with Gasteiger partial charge in [-0.3, -0.25) is 0 Å². The highest BCUT2D eigenvalue weighted by Gasteiger charge is 2.24. The van der Waals surface area contributed by atoms with Crippen molar-refractivity contribution in [2.45, 2.75) is 31.8 Å². The first-order valence-corrected chi connectivity index (χ1v) is 12.8. The van der Waals surface area contributed by atoms with Gasteiger partial charge in [-0.2, -0.15) is 0 Å². The highest BCUT2D eigenvalue weighted by molar-refractivity contribution is 6.34. The molecule has 0 radical (unpaired) electrons. The first kappa shape index (κ1) is 23.4. The Kier molecular flexibility index (Phi) is 6.85. The van der Waals surface area contributed by atoms with E-state index in [4.69, 9.17) is 35.3 Å². The maximum atomic E-state index is 6.53. The van der Waals surface area contributed by atoms with Crippen LogP contribution in [0.25, 0.3) is 10.9 Å². The molecule has 0 unspecified atom stereocenters. The molecule has 0 aliphatic carbocycles. The number of benzene rings is 2. The predicted octanol–water partition coefficient (Wildman–Crippen LogP) is 4.69. The molecule has 190 valence electrons. The first-order chi connectivity index (χ1) is 17.7. The maximum absolute atomic E-state index is 6.53. The molecule has 0 amide bonds. The monoisotopic (exact) mass is 512 g/mol. The molecule has 0 spiro atoms. The van der Waals surface area contributed by atoms with Crippen molar-refractivity contribution in [1.82, 2.24) is 15.3 Å². The third-order valence-corrected chi connectivity index (χ3v) is 7.13. The number of hydrogen-bond donors (Lipinski definition) is 2. The molecule has 1 aromatic heterocycles. The van der Waals surface area contributed by atoms with Crippen molar-refractivity contribution in [3.05, 3.63) is 35.6 Å². The minimum Gasteiger partial charge on any atom is -0.493 e. The van der Waals surface area contributed by atoms with E-state index < -0.39 is 0 Å². The van der Waals surface area contributed by atoms with E-state index in [2.05, 4.69) is 20.6 Å². The molecular weight excluding hydrogens is 484 g/mol. The van der Waals surface area contributed by atoms with E-state index in [0.717, 1.165) is 55.4 Å². The number of hydrogen-bond acceptors (Lipinski definition) is 9. The number of ether oxygens (including phenoxy) is 5. The van der Waals surface area contributed by atoms with Crippen molar-refractivity contribution < 1.29 is 23.7 Å². The zero-order valence-corrected chi connectivity index (χ0v) is 20.7. The molecule has 0 bridgehead atoms. The third-order valence-electron chi connectivity index (χ3n) is 6.81. The fourth-order valence-electron chi connectivity index (χ4n) is 4.82. The number of fused-ring (bicyclic) bond motifs is 2. The van der Waals surface area contributed by atoms with Crippen LogP contribution in [0.4, 0.5) is 11.5 Å². The molecule has 10 heteroatoms. The van der Waals surface area contributed by atoms with Crippen molar-refractivity contribution in [3.8, 4) is 23.0 Å². The van der Waals surface area contributed by atoms with Gasteiger partial charge in [0.1, 0.15) is 35.4 Å². The number of rotatable bonds is 7. The van der Waals surface area contributed by atoms with Crippen LogP contribution in [0.5, 0.6) is 23.0 Å². The van der Waals surface area contributed by atoms with Gasteiger partial charge < -0.3 is 34.3 Å². The average molecular weight is 513 g/mol. The quantitative estimate of drug-likeness (QED) is 0.467. The van der Waals surface area contributed by atoms with Crippen LogP contribution < -0.4 is 29.6 Å². The van der Waals surface area contributed by atoms with E-state index in [0.29, 0.717) is 59.5 Å². The Morgan fingerprint density at radius 1 is 1.06 bits per heavy atom. The molecule has 3 aliphatic heterocycles. The van der Waals surface area contributed by atoms with E-state index in [1.807, 2.05) is 12.1 Å². The lowest BCUT2D eigenvalue weighted by molar-refractivity contribution is 0.0261. The molecule has 3 aromatic rings. The second-order valence-corrected chi connectivity index (χ2v) is 9.66. The fraction of sp³-hybridized carbons (Fsp3) is 0.462. The van der Waals surface area contributed by atoms with E-state index in [-0.39, 0.29) is 12.9 Å². The molecule has 4 heterocycles. The van der Waals surface area contributed by atoms with Gasteiger partial charge in [0, 0.05) is 25.0 Å². The number of aromatic nitrogens is 2. The van der Waals surface area contributed by atoms with Gasteiger partial charge >= 0.3 is 0 Å². The number of halogens is 1. The zero-order chi connectivity index (χ0) is 24.3. The van der Waals surface area contributed by atoms with Crippen molar-refractivity contribution >= 4 is 34.0 Å². The lowest BCUT2D eigenvalue weighted by Gasteiger charge is -2.25. The van der Waals surface area contributed by atoms with Crippen LogP contribution in [-0.4, -0.2) is 55.8 Å². The summed E-state index contributed by atoms with van der Waals surface area (Å²) in [6.45, 7) is 4.24. The van der Waals surface area contributed by atoms with E-state index in [1.165, 1.54) is 6.33 Å². The Morgan fingerprint density at radius 3 is 2.78 bits per heavy atom. The summed E-state index contributed by atoms with van der Waals surface area (Å²) in [5, 5.41) is 8.01. The number of nitrogens with one attached hydrogen (secondary N) is 2. The van der Waals surface area contributed by atoms with Crippen LogP contribution in [0.1, 0.15) is 25.7 Å². The van der Waals surface area contributed by atoms with Crippen LogP contribution in [0.15, 0.2) is 30.6 Å². The second-order valence-electron chi connectivity index (χ2n) is 9.25. The molecular formula is C26H29ClN4O5. The van der Waals surface area contributed by atoms with Crippen LogP contribution in [0.3, 0.4) is 0 Å². The number of piperidine rings is 1. The van der Waals surface area contributed by atoms with Gasteiger partial charge in [0.15, 0.2) is 11.5 Å². The summed E-state index contributed by atoms with van der Waals surface area (Å²) in [4.78, 5) is 9.09. The molecule has 0 atom stereocenters. The highest BCUT2D eigenvalue weighted by Crippen LogP contribution is 2.46. The Labute approximate surface area is 214 Å². The first-order valence-electron chi connectivity index (χ1n) is 12.5. The topological polar surface area (TPSA) is 96.0 Å². The summed E-state index contributed by atoms with van der Waals surface area (Å²) in [5.41, 5.74) is 1.31. The van der Waals surface area contributed by atoms with E-state index in [1.54, 1.807) is 12.1 Å². The second kappa shape index (κ2) is 10.5. The minimum absolute atomic E-state index is 0.0379. The summed E-state index contributed by atoms with van der Waals surface area (Å²) in [5.74, 6) is 3.70. The van der Waals surface area contributed by atoms with Crippen LogP contribution in [-0.2, 0) is 4.74 Å². The molecule has 36 heavy (non-hydrogen) atoms. The van der Waals surface area contributed by atoms with Gasteiger partial charge in [0.05, 0.1) is 35.7 Å². The fourth-order valence-corrected chi connectivity index (χ4v) is 5.02. The lowest BCUT2D eigenvalue weighted by atomic mass is 9.99. The van der Waals surface area contributed by atoms with Crippen LogP contribution in [0.2, 0.25) is 5.02 Å². The van der Waals surface area contributed by atoms with Gasteiger partial charge in [-0.15, -0.1) is 0 Å².